The molecule has 0 spiro atoms. The summed E-state index contributed by atoms with van der Waals surface area (Å²) in [6.07, 6.45) is 5.76. The molecule has 2 aromatic heterocycles. The van der Waals surface area contributed by atoms with E-state index in [1.807, 2.05) is 24.3 Å². The summed E-state index contributed by atoms with van der Waals surface area (Å²) in [5.74, 6) is 2.53. The van der Waals surface area contributed by atoms with E-state index in [1.54, 1.807) is 24.5 Å². The minimum absolute atomic E-state index is 0.129. The third kappa shape index (κ3) is 5.27. The maximum Gasteiger partial charge on any atom is 0.323 e. The fraction of sp³-hybridized carbons (Fsp3) is 0.429. The van der Waals surface area contributed by atoms with Crippen molar-refractivity contribution in [2.75, 3.05) is 46.7 Å². The van der Waals surface area contributed by atoms with Crippen LogP contribution in [0.4, 0.5) is 27.8 Å². The Bertz CT molecular complexity index is 1250. The monoisotopic (exact) mass is 515 g/mol. The van der Waals surface area contributed by atoms with Gasteiger partial charge in [-0.15, -0.1) is 0 Å². The minimum Gasteiger partial charge on any atom is -0.377 e. The van der Waals surface area contributed by atoms with Gasteiger partial charge in [-0.05, 0) is 63.1 Å². The van der Waals surface area contributed by atoms with Crippen LogP contribution in [0.5, 0.6) is 0 Å². The van der Waals surface area contributed by atoms with E-state index in [4.69, 9.17) is 19.4 Å². The number of amides is 2. The zero-order valence-corrected chi connectivity index (χ0v) is 21.7. The maximum atomic E-state index is 12.4. The van der Waals surface area contributed by atoms with E-state index in [0.29, 0.717) is 29.3 Å². The first kappa shape index (κ1) is 24.6. The topological polar surface area (TPSA) is 105 Å². The number of carbonyl (C=O) groups excluding carboxylic acids is 1. The number of fused-ring (bicyclic) bond motifs is 2. The van der Waals surface area contributed by atoms with Crippen LogP contribution in [0.2, 0.25) is 0 Å². The quantitative estimate of drug-likeness (QED) is 0.522. The molecule has 6 rings (SSSR count). The number of pyridine rings is 1. The molecule has 3 saturated heterocycles. The highest BCUT2D eigenvalue weighted by atomic mass is 16.5. The van der Waals surface area contributed by atoms with E-state index in [9.17, 15) is 4.79 Å². The molecule has 0 aliphatic carbocycles. The van der Waals surface area contributed by atoms with Crippen LogP contribution >= 0.6 is 0 Å². The van der Waals surface area contributed by atoms with E-state index >= 15 is 0 Å². The molecule has 10 nitrogen and oxygen atoms in total. The van der Waals surface area contributed by atoms with Crippen molar-refractivity contribution >= 4 is 29.0 Å². The van der Waals surface area contributed by atoms with Crippen LogP contribution in [0.3, 0.4) is 0 Å². The zero-order chi connectivity index (χ0) is 26.1. The highest BCUT2D eigenvalue weighted by molar-refractivity contribution is 5.99. The van der Waals surface area contributed by atoms with E-state index in [0.717, 1.165) is 56.3 Å². The van der Waals surface area contributed by atoms with Crippen LogP contribution in [-0.2, 0) is 9.47 Å². The van der Waals surface area contributed by atoms with Crippen LogP contribution in [0.15, 0.2) is 54.9 Å². The first-order chi connectivity index (χ1) is 18.5. The highest BCUT2D eigenvalue weighted by Gasteiger charge is 2.39. The van der Waals surface area contributed by atoms with Gasteiger partial charge in [0.25, 0.3) is 0 Å². The van der Waals surface area contributed by atoms with Crippen molar-refractivity contribution in [1.29, 1.82) is 0 Å². The van der Waals surface area contributed by atoms with Gasteiger partial charge < -0.3 is 29.9 Å². The summed E-state index contributed by atoms with van der Waals surface area (Å²) in [5, 5.41) is 5.67. The second-order valence-electron chi connectivity index (χ2n) is 10.3. The summed E-state index contributed by atoms with van der Waals surface area (Å²) < 4.78 is 11.8. The molecule has 0 saturated carbocycles. The molecular weight excluding hydrogens is 482 g/mol. The normalized spacial score (nSPS) is 24.8. The molecule has 2 bridgehead atoms. The Labute approximate surface area is 222 Å². The van der Waals surface area contributed by atoms with Crippen molar-refractivity contribution in [3.63, 3.8) is 0 Å². The lowest BCUT2D eigenvalue weighted by Crippen LogP contribution is -2.47. The van der Waals surface area contributed by atoms with Gasteiger partial charge in [0, 0.05) is 48.5 Å². The molecule has 1 aromatic carbocycles. The predicted molar refractivity (Wildman–Crippen MR) is 147 cm³/mol. The second-order valence-corrected chi connectivity index (χ2v) is 10.3. The Hall–Kier alpha value is -3.76. The molecule has 3 aliphatic heterocycles. The van der Waals surface area contributed by atoms with Crippen LogP contribution in [0.25, 0.3) is 11.4 Å². The van der Waals surface area contributed by atoms with E-state index < -0.39 is 0 Å². The lowest BCUT2D eigenvalue weighted by atomic mass is 10.1. The molecule has 0 radical (unpaired) electrons. The van der Waals surface area contributed by atoms with E-state index in [1.165, 1.54) is 0 Å². The number of carbonyl (C=O) groups is 1. The summed E-state index contributed by atoms with van der Waals surface area (Å²) in [7, 11) is 0. The predicted octanol–water partition coefficient (Wildman–Crippen LogP) is 4.16. The molecule has 2 N–H and O–H groups in total. The fourth-order valence-corrected chi connectivity index (χ4v) is 5.64. The summed E-state index contributed by atoms with van der Waals surface area (Å²) in [5.41, 5.74) is 2.25. The van der Waals surface area contributed by atoms with Gasteiger partial charge in [-0.1, -0.05) is 0 Å². The Kier molecular flexibility index (Phi) is 6.82. The first-order valence-corrected chi connectivity index (χ1v) is 13.3. The lowest BCUT2D eigenvalue weighted by molar-refractivity contribution is -0.00546. The van der Waals surface area contributed by atoms with Crippen molar-refractivity contribution in [2.24, 2.45) is 0 Å². The minimum atomic E-state index is -0.317. The van der Waals surface area contributed by atoms with Gasteiger partial charge >= 0.3 is 6.03 Å². The number of aromatic nitrogens is 3. The van der Waals surface area contributed by atoms with Crippen LogP contribution in [0.1, 0.15) is 26.7 Å². The molecule has 2 unspecified atom stereocenters. The second kappa shape index (κ2) is 10.5. The van der Waals surface area contributed by atoms with Crippen LogP contribution in [0, 0.1) is 0 Å². The maximum absolute atomic E-state index is 12.4. The number of hydrogen-bond acceptors (Lipinski definition) is 8. The van der Waals surface area contributed by atoms with Gasteiger partial charge in [-0.3, -0.25) is 4.98 Å². The number of nitrogens with one attached hydrogen (secondary N) is 2. The number of morpholine rings is 2. The Balaban J connectivity index is 1.27. The van der Waals surface area contributed by atoms with Gasteiger partial charge in [0.15, 0.2) is 5.82 Å². The number of benzene rings is 1. The van der Waals surface area contributed by atoms with Gasteiger partial charge in [0.2, 0.25) is 0 Å². The summed E-state index contributed by atoms with van der Waals surface area (Å²) >= 11 is 0. The summed E-state index contributed by atoms with van der Waals surface area (Å²) in [4.78, 5) is 31.1. The number of rotatable bonds is 5. The Morgan fingerprint density at radius 1 is 0.868 bits per heavy atom. The molecule has 198 valence electrons. The molecule has 5 heterocycles. The third-order valence-corrected chi connectivity index (χ3v) is 7.29. The SMILES string of the molecule is C[C@@H]1CN(c2cc(N3C4CCC3COC4)nc(-c3ccc(NC(=O)Nc4ccncc4)cc3)n2)C[C@H](C)O1. The molecular formula is C28H33N7O3. The largest absolute Gasteiger partial charge is 0.377 e. The molecule has 10 heteroatoms. The Morgan fingerprint density at radius 2 is 1.47 bits per heavy atom. The van der Waals surface area contributed by atoms with Crippen LogP contribution < -0.4 is 20.4 Å². The molecule has 38 heavy (non-hydrogen) atoms. The van der Waals surface area contributed by atoms with Crippen molar-refractivity contribution in [3.8, 4) is 11.4 Å². The van der Waals surface area contributed by atoms with E-state index in [-0.39, 0.29) is 18.2 Å². The average Bonchev–Trinajstić information content (AvgIpc) is 3.17. The van der Waals surface area contributed by atoms with Crippen molar-refractivity contribution in [1.82, 2.24) is 15.0 Å². The molecule has 3 aromatic rings. The molecule has 2 amide bonds. The zero-order valence-electron chi connectivity index (χ0n) is 21.7. The number of hydrogen-bond donors (Lipinski definition) is 2. The van der Waals surface area contributed by atoms with Gasteiger partial charge in [-0.25, -0.2) is 14.8 Å². The summed E-state index contributed by atoms with van der Waals surface area (Å²) in [6.45, 7) is 7.24. The van der Waals surface area contributed by atoms with Gasteiger partial charge in [-0.2, -0.15) is 0 Å². The third-order valence-electron chi connectivity index (χ3n) is 7.29. The van der Waals surface area contributed by atoms with Crippen molar-refractivity contribution in [2.45, 2.75) is 51.0 Å². The summed E-state index contributed by atoms with van der Waals surface area (Å²) in [6, 6.07) is 13.6. The van der Waals surface area contributed by atoms with Crippen molar-refractivity contribution in [3.05, 3.63) is 54.9 Å². The van der Waals surface area contributed by atoms with Crippen molar-refractivity contribution < 1.29 is 14.3 Å². The lowest BCUT2D eigenvalue weighted by Gasteiger charge is -2.38. The van der Waals surface area contributed by atoms with Gasteiger partial charge in [0.05, 0.1) is 37.5 Å². The number of nitrogens with zero attached hydrogens (tertiary/aromatic N) is 5. The van der Waals surface area contributed by atoms with E-state index in [2.05, 4.69) is 45.3 Å². The fourth-order valence-electron chi connectivity index (χ4n) is 5.64. The van der Waals surface area contributed by atoms with Gasteiger partial charge in [0.1, 0.15) is 11.6 Å². The molecule has 3 aliphatic rings. The standard InChI is InChI=1S/C28H33N7O3/c1-18-14-34(15-19(2)38-18)25-13-26(35-23-7-8-24(35)17-37-16-23)33-27(32-25)20-3-5-21(6-4-20)30-28(36)31-22-9-11-29-12-10-22/h3-6,9-13,18-19,23-24H,7-8,14-17H2,1-2H3,(H2,29,30,31,36)/t18-,19+,23?,24?. The Morgan fingerprint density at radius 3 is 2.13 bits per heavy atom. The highest BCUT2D eigenvalue weighted by Crippen LogP contribution is 2.36. The molecule has 3 fully saturated rings. The average molecular weight is 516 g/mol. The number of ether oxygens (including phenoxy) is 2. The number of anilines is 4. The smallest absolute Gasteiger partial charge is 0.323 e. The first-order valence-electron chi connectivity index (χ1n) is 13.3. The molecule has 4 atom stereocenters. The number of urea groups is 1. The van der Waals surface area contributed by atoms with Crippen LogP contribution in [-0.4, -0.2) is 71.6 Å².